The summed E-state index contributed by atoms with van der Waals surface area (Å²) in [6.45, 7) is 0. The zero-order valence-corrected chi connectivity index (χ0v) is 11.4. The summed E-state index contributed by atoms with van der Waals surface area (Å²) in [5.74, 6) is 0. The van der Waals surface area contributed by atoms with Gasteiger partial charge in [0.25, 0.3) is 0 Å². The highest BCUT2D eigenvalue weighted by atomic mass is 14.3. The van der Waals surface area contributed by atoms with Crippen molar-refractivity contribution >= 4 is 5.57 Å². The molecule has 0 nitrogen and oxygen atoms in total. The van der Waals surface area contributed by atoms with Crippen molar-refractivity contribution in [1.82, 2.24) is 0 Å². The maximum Gasteiger partial charge on any atom is -0.00106 e. The van der Waals surface area contributed by atoms with Crippen LogP contribution in [0.15, 0.2) is 48.6 Å². The lowest BCUT2D eigenvalue weighted by Gasteiger charge is -2.27. The van der Waals surface area contributed by atoms with Crippen LogP contribution >= 0.6 is 0 Å². The quantitative estimate of drug-likeness (QED) is 0.592. The Morgan fingerprint density at radius 3 is 2.50 bits per heavy atom. The fraction of sp³-hybridized carbons (Fsp3) is 0.200. The molecule has 3 aliphatic carbocycles. The van der Waals surface area contributed by atoms with Crippen molar-refractivity contribution in [2.75, 3.05) is 0 Å². The van der Waals surface area contributed by atoms with Gasteiger partial charge in [0.05, 0.1) is 0 Å². The third-order valence-corrected chi connectivity index (χ3v) is 5.08. The van der Waals surface area contributed by atoms with E-state index in [1.54, 1.807) is 16.7 Å². The van der Waals surface area contributed by atoms with Crippen molar-refractivity contribution in [2.24, 2.45) is 0 Å². The Morgan fingerprint density at radius 1 is 0.800 bits per heavy atom. The first-order chi connectivity index (χ1) is 9.92. The molecule has 0 aromatic heterocycles. The second-order valence-corrected chi connectivity index (χ2v) is 6.07. The zero-order chi connectivity index (χ0) is 13.1. The minimum Gasteiger partial charge on any atom is -0.0801 e. The summed E-state index contributed by atoms with van der Waals surface area (Å²) in [4.78, 5) is 0. The van der Waals surface area contributed by atoms with Crippen molar-refractivity contribution in [2.45, 2.75) is 25.7 Å². The van der Waals surface area contributed by atoms with Crippen molar-refractivity contribution < 1.29 is 0 Å². The van der Waals surface area contributed by atoms with E-state index in [1.807, 2.05) is 0 Å². The van der Waals surface area contributed by atoms with Crippen LogP contribution in [-0.2, 0) is 19.3 Å². The second-order valence-electron chi connectivity index (χ2n) is 6.07. The Labute approximate surface area is 119 Å². The maximum atomic E-state index is 2.47. The molecule has 0 N–H and O–H groups in total. The normalized spacial score (nSPS) is 17.3. The first kappa shape index (κ1) is 10.7. The van der Waals surface area contributed by atoms with Gasteiger partial charge in [-0.05, 0) is 76.3 Å². The van der Waals surface area contributed by atoms with Crippen molar-refractivity contribution in [1.29, 1.82) is 0 Å². The standard InChI is InChI=1S/C20H16/c1-2-6-13(5-1)18-12-20-15-8-4-3-7-14(15)11-19(20)17-10-9-16(17)18/h1-5,7-8,12H,6,9-11H2. The van der Waals surface area contributed by atoms with Gasteiger partial charge in [0, 0.05) is 0 Å². The van der Waals surface area contributed by atoms with Crippen LogP contribution in [0.25, 0.3) is 16.7 Å². The van der Waals surface area contributed by atoms with E-state index in [0.29, 0.717) is 0 Å². The van der Waals surface area contributed by atoms with E-state index >= 15 is 0 Å². The molecule has 0 saturated heterocycles. The molecular formula is C20H16. The molecular weight excluding hydrogens is 240 g/mol. The van der Waals surface area contributed by atoms with Gasteiger partial charge < -0.3 is 0 Å². The van der Waals surface area contributed by atoms with Gasteiger partial charge in [-0.25, -0.2) is 0 Å². The second kappa shape index (κ2) is 3.73. The molecule has 0 heterocycles. The van der Waals surface area contributed by atoms with E-state index in [-0.39, 0.29) is 0 Å². The van der Waals surface area contributed by atoms with Crippen LogP contribution in [0.2, 0.25) is 0 Å². The minimum absolute atomic E-state index is 1.10. The lowest BCUT2D eigenvalue weighted by Crippen LogP contribution is -2.15. The number of allylic oxidation sites excluding steroid dienone is 4. The summed E-state index contributed by atoms with van der Waals surface area (Å²) >= 11 is 0. The number of fused-ring (bicyclic) bond motifs is 5. The van der Waals surface area contributed by atoms with E-state index in [2.05, 4.69) is 48.6 Å². The third-order valence-electron chi connectivity index (χ3n) is 5.08. The van der Waals surface area contributed by atoms with Crippen molar-refractivity contribution in [3.05, 3.63) is 76.4 Å². The Balaban J connectivity index is 1.78. The molecule has 0 amide bonds. The minimum atomic E-state index is 1.10. The molecule has 0 bridgehead atoms. The molecule has 3 aliphatic rings. The smallest absolute Gasteiger partial charge is 0.00106 e. The molecule has 0 saturated carbocycles. The molecule has 20 heavy (non-hydrogen) atoms. The summed E-state index contributed by atoms with van der Waals surface area (Å²) < 4.78 is 0. The van der Waals surface area contributed by atoms with Crippen LogP contribution < -0.4 is 0 Å². The Bertz CT molecular complexity index is 803. The monoisotopic (exact) mass is 256 g/mol. The van der Waals surface area contributed by atoms with Gasteiger partial charge >= 0.3 is 0 Å². The number of hydrogen-bond donors (Lipinski definition) is 0. The first-order valence-electron chi connectivity index (χ1n) is 7.54. The summed E-state index contributed by atoms with van der Waals surface area (Å²) in [5, 5.41) is 0. The summed E-state index contributed by atoms with van der Waals surface area (Å²) in [7, 11) is 0. The topological polar surface area (TPSA) is 0 Å². The van der Waals surface area contributed by atoms with Crippen molar-refractivity contribution in [3.63, 3.8) is 0 Å². The van der Waals surface area contributed by atoms with Gasteiger partial charge in [0.1, 0.15) is 0 Å². The maximum absolute atomic E-state index is 2.47. The number of rotatable bonds is 1. The molecule has 0 heteroatoms. The van der Waals surface area contributed by atoms with E-state index in [4.69, 9.17) is 0 Å². The summed E-state index contributed by atoms with van der Waals surface area (Å²) in [6.07, 6.45) is 11.6. The van der Waals surface area contributed by atoms with Gasteiger partial charge in [-0.2, -0.15) is 0 Å². The van der Waals surface area contributed by atoms with E-state index < -0.39 is 0 Å². The van der Waals surface area contributed by atoms with Gasteiger partial charge in [-0.15, -0.1) is 0 Å². The highest BCUT2D eigenvalue weighted by molar-refractivity contribution is 5.85. The first-order valence-corrected chi connectivity index (χ1v) is 7.54. The lowest BCUT2D eigenvalue weighted by atomic mass is 9.77. The lowest BCUT2D eigenvalue weighted by molar-refractivity contribution is 0.819. The molecule has 0 unspecified atom stereocenters. The average Bonchev–Trinajstić information content (AvgIpc) is 3.05. The third kappa shape index (κ3) is 1.27. The van der Waals surface area contributed by atoms with Crippen LogP contribution in [-0.4, -0.2) is 0 Å². The predicted molar refractivity (Wildman–Crippen MR) is 83.8 cm³/mol. The largest absolute Gasteiger partial charge is 0.0801 e. The fourth-order valence-corrected chi connectivity index (χ4v) is 3.99. The van der Waals surface area contributed by atoms with Crippen LogP contribution in [0.4, 0.5) is 0 Å². The molecule has 2 aromatic rings. The van der Waals surface area contributed by atoms with E-state index in [0.717, 1.165) is 12.8 Å². The Hall–Kier alpha value is -2.08. The molecule has 2 aromatic carbocycles. The van der Waals surface area contributed by atoms with Gasteiger partial charge in [0.2, 0.25) is 0 Å². The number of benzene rings is 2. The average molecular weight is 256 g/mol. The molecule has 5 rings (SSSR count). The van der Waals surface area contributed by atoms with Gasteiger partial charge in [-0.1, -0.05) is 42.5 Å². The van der Waals surface area contributed by atoms with Crippen LogP contribution in [0.3, 0.4) is 0 Å². The predicted octanol–water partition coefficient (Wildman–Crippen LogP) is 4.70. The Kier molecular flexibility index (Phi) is 1.99. The molecule has 96 valence electrons. The molecule has 0 atom stereocenters. The molecule has 0 spiro atoms. The zero-order valence-electron chi connectivity index (χ0n) is 11.4. The number of hydrogen-bond acceptors (Lipinski definition) is 0. The van der Waals surface area contributed by atoms with Crippen LogP contribution in [0.5, 0.6) is 0 Å². The summed E-state index contributed by atoms with van der Waals surface area (Å²) in [5.41, 5.74) is 12.4. The Morgan fingerprint density at radius 2 is 1.70 bits per heavy atom. The summed E-state index contributed by atoms with van der Waals surface area (Å²) in [6, 6.07) is 11.4. The molecule has 0 fully saturated rings. The van der Waals surface area contributed by atoms with Crippen molar-refractivity contribution in [3.8, 4) is 11.1 Å². The van der Waals surface area contributed by atoms with E-state index in [1.165, 1.54) is 40.7 Å². The van der Waals surface area contributed by atoms with Crippen LogP contribution in [0, 0.1) is 0 Å². The molecule has 0 radical (unpaired) electrons. The fourth-order valence-electron chi connectivity index (χ4n) is 3.99. The van der Waals surface area contributed by atoms with Gasteiger partial charge in [-0.3, -0.25) is 0 Å². The molecule has 0 aliphatic heterocycles. The van der Waals surface area contributed by atoms with E-state index in [9.17, 15) is 0 Å². The highest BCUT2D eigenvalue weighted by Crippen LogP contribution is 2.46. The van der Waals surface area contributed by atoms with Gasteiger partial charge in [0.15, 0.2) is 0 Å². The highest BCUT2D eigenvalue weighted by Gasteiger charge is 2.29. The van der Waals surface area contributed by atoms with Crippen LogP contribution in [0.1, 0.15) is 34.2 Å². The SMILES string of the molecule is C1=CCC(c2cc3c(c4c2CC4)Cc2ccccc2-3)=C1.